The molecule has 0 radical (unpaired) electrons. The highest BCUT2D eigenvalue weighted by Crippen LogP contribution is 2.09. The third-order valence-corrected chi connectivity index (χ3v) is 1.94. The summed E-state index contributed by atoms with van der Waals surface area (Å²) in [4.78, 5) is 15.7. The molecule has 0 unspecified atom stereocenters. The van der Waals surface area contributed by atoms with Crippen LogP contribution in [0.4, 0.5) is 0 Å². The highest BCUT2D eigenvalue weighted by atomic mass is 16.5. The summed E-state index contributed by atoms with van der Waals surface area (Å²) in [5.41, 5.74) is 1.10. The molecule has 0 amide bonds. The van der Waals surface area contributed by atoms with Gasteiger partial charge in [0.25, 0.3) is 0 Å². The quantitative estimate of drug-likeness (QED) is 0.718. The van der Waals surface area contributed by atoms with Crippen molar-refractivity contribution >= 4 is 5.97 Å². The fourth-order valence-electron chi connectivity index (χ4n) is 1.19. The number of aromatic nitrogens is 1. The van der Waals surface area contributed by atoms with Gasteiger partial charge in [-0.3, -0.25) is 4.98 Å². The van der Waals surface area contributed by atoms with E-state index < -0.39 is 0 Å². The van der Waals surface area contributed by atoms with Crippen LogP contribution in [0.15, 0.2) is 18.3 Å². The van der Waals surface area contributed by atoms with Gasteiger partial charge in [-0.2, -0.15) is 0 Å². The first-order chi connectivity index (χ1) is 7.65. The van der Waals surface area contributed by atoms with Gasteiger partial charge in [0.1, 0.15) is 0 Å². The fourth-order valence-corrected chi connectivity index (χ4v) is 1.19. The smallest absolute Gasteiger partial charge is 0.340 e. The molecule has 0 aliphatic rings. The van der Waals surface area contributed by atoms with Gasteiger partial charge in [-0.25, -0.2) is 4.79 Å². The zero-order valence-electron chi connectivity index (χ0n) is 9.90. The number of ether oxygens (including phenoxy) is 2. The Morgan fingerprint density at radius 1 is 1.50 bits per heavy atom. The Morgan fingerprint density at radius 3 is 2.88 bits per heavy atom. The average Bonchev–Trinajstić information content (AvgIpc) is 2.27. The predicted molar refractivity (Wildman–Crippen MR) is 60.1 cm³/mol. The number of rotatable bonds is 5. The molecule has 0 atom stereocenters. The first kappa shape index (κ1) is 12.6. The maximum Gasteiger partial charge on any atom is 0.340 e. The lowest BCUT2D eigenvalue weighted by Gasteiger charge is -2.10. The van der Waals surface area contributed by atoms with Crippen LogP contribution in [0.3, 0.4) is 0 Å². The van der Waals surface area contributed by atoms with Gasteiger partial charge in [-0.05, 0) is 32.9 Å². The summed E-state index contributed by atoms with van der Waals surface area (Å²) in [6.45, 7) is 6.34. The molecule has 1 rings (SSSR count). The number of nitrogens with zero attached hydrogens (tertiary/aromatic N) is 1. The minimum Gasteiger partial charge on any atom is -0.462 e. The number of hydrogen-bond acceptors (Lipinski definition) is 4. The van der Waals surface area contributed by atoms with Gasteiger partial charge in [0, 0.05) is 6.20 Å². The first-order valence-corrected chi connectivity index (χ1v) is 5.37. The molecule has 16 heavy (non-hydrogen) atoms. The fraction of sp³-hybridized carbons (Fsp3) is 0.500. The summed E-state index contributed by atoms with van der Waals surface area (Å²) in [7, 11) is 0. The molecule has 0 saturated heterocycles. The molecule has 1 heterocycles. The molecular formula is C12H17NO3. The lowest BCUT2D eigenvalue weighted by atomic mass is 10.2. The lowest BCUT2D eigenvalue weighted by Crippen LogP contribution is -2.12. The molecule has 1 aromatic rings. The summed E-state index contributed by atoms with van der Waals surface area (Å²) in [6, 6.07) is 3.41. The van der Waals surface area contributed by atoms with Crippen LogP contribution in [-0.2, 0) is 16.1 Å². The molecule has 0 aliphatic carbocycles. The monoisotopic (exact) mass is 223 g/mol. The van der Waals surface area contributed by atoms with E-state index >= 15 is 0 Å². The van der Waals surface area contributed by atoms with Gasteiger partial charge < -0.3 is 9.47 Å². The van der Waals surface area contributed by atoms with Crippen molar-refractivity contribution in [2.45, 2.75) is 33.5 Å². The molecular weight excluding hydrogens is 206 g/mol. The summed E-state index contributed by atoms with van der Waals surface area (Å²) >= 11 is 0. The summed E-state index contributed by atoms with van der Waals surface area (Å²) in [5, 5.41) is 0. The number of esters is 1. The van der Waals surface area contributed by atoms with E-state index in [4.69, 9.17) is 9.47 Å². The maximum atomic E-state index is 11.6. The highest BCUT2D eigenvalue weighted by Gasteiger charge is 2.13. The molecule has 0 fully saturated rings. The van der Waals surface area contributed by atoms with Crippen LogP contribution in [0.1, 0.15) is 36.8 Å². The van der Waals surface area contributed by atoms with Crippen molar-refractivity contribution in [1.82, 2.24) is 4.98 Å². The van der Waals surface area contributed by atoms with E-state index in [-0.39, 0.29) is 12.1 Å². The zero-order valence-corrected chi connectivity index (χ0v) is 9.90. The summed E-state index contributed by atoms with van der Waals surface area (Å²) in [5.74, 6) is -0.349. The predicted octanol–water partition coefficient (Wildman–Crippen LogP) is 2.18. The number of carbonyl (C=O) groups is 1. The maximum absolute atomic E-state index is 11.6. The van der Waals surface area contributed by atoms with Crippen molar-refractivity contribution < 1.29 is 14.3 Å². The van der Waals surface area contributed by atoms with Crippen molar-refractivity contribution in [1.29, 1.82) is 0 Å². The third kappa shape index (κ3) is 3.62. The highest BCUT2D eigenvalue weighted by molar-refractivity contribution is 5.90. The minimum absolute atomic E-state index is 0.108. The average molecular weight is 223 g/mol. The van der Waals surface area contributed by atoms with Gasteiger partial charge in [-0.15, -0.1) is 0 Å². The molecule has 0 N–H and O–H groups in total. The van der Waals surface area contributed by atoms with Crippen LogP contribution in [0.5, 0.6) is 0 Å². The molecule has 1 aromatic heterocycles. The standard InChI is InChI=1S/C12H17NO3/c1-4-15-12(14)10-6-5-7-13-11(10)8-16-9(2)3/h5-7,9H,4,8H2,1-3H3. The lowest BCUT2D eigenvalue weighted by molar-refractivity contribution is 0.0489. The van der Waals surface area contributed by atoms with Crippen molar-refractivity contribution in [2.75, 3.05) is 6.61 Å². The molecule has 0 saturated carbocycles. The Kier molecular flexibility index (Phi) is 4.92. The van der Waals surface area contributed by atoms with Gasteiger partial charge >= 0.3 is 5.97 Å². The van der Waals surface area contributed by atoms with Crippen LogP contribution >= 0.6 is 0 Å². The molecule has 0 aromatic carbocycles. The van der Waals surface area contributed by atoms with Crippen LogP contribution in [-0.4, -0.2) is 23.7 Å². The van der Waals surface area contributed by atoms with Crippen molar-refractivity contribution in [3.8, 4) is 0 Å². The van der Waals surface area contributed by atoms with Crippen LogP contribution < -0.4 is 0 Å². The third-order valence-electron chi connectivity index (χ3n) is 1.94. The Bertz CT molecular complexity index is 350. The molecule has 0 bridgehead atoms. The van der Waals surface area contributed by atoms with Gasteiger partial charge in [-0.1, -0.05) is 0 Å². The van der Waals surface area contributed by atoms with E-state index in [1.807, 2.05) is 13.8 Å². The number of pyridine rings is 1. The van der Waals surface area contributed by atoms with Crippen molar-refractivity contribution in [3.05, 3.63) is 29.6 Å². The SMILES string of the molecule is CCOC(=O)c1cccnc1COC(C)C. The van der Waals surface area contributed by atoms with Gasteiger partial charge in [0.2, 0.25) is 0 Å². The Labute approximate surface area is 95.6 Å². The van der Waals surface area contributed by atoms with E-state index in [2.05, 4.69) is 4.98 Å². The minimum atomic E-state index is -0.349. The molecule has 4 nitrogen and oxygen atoms in total. The van der Waals surface area contributed by atoms with E-state index in [9.17, 15) is 4.79 Å². The van der Waals surface area contributed by atoms with E-state index in [0.29, 0.717) is 24.5 Å². The second-order valence-corrected chi connectivity index (χ2v) is 3.58. The van der Waals surface area contributed by atoms with E-state index in [1.165, 1.54) is 0 Å². The Balaban J connectivity index is 2.78. The van der Waals surface area contributed by atoms with Gasteiger partial charge in [0.15, 0.2) is 0 Å². The van der Waals surface area contributed by atoms with E-state index in [0.717, 1.165) is 0 Å². The van der Waals surface area contributed by atoms with Gasteiger partial charge in [0.05, 0.1) is 30.6 Å². The zero-order chi connectivity index (χ0) is 12.0. The van der Waals surface area contributed by atoms with Crippen LogP contribution in [0, 0.1) is 0 Å². The molecule has 0 aliphatic heterocycles. The number of carbonyl (C=O) groups excluding carboxylic acids is 1. The second kappa shape index (κ2) is 6.23. The Hall–Kier alpha value is -1.42. The van der Waals surface area contributed by atoms with Crippen molar-refractivity contribution in [3.63, 3.8) is 0 Å². The molecule has 88 valence electrons. The number of hydrogen-bond donors (Lipinski definition) is 0. The van der Waals surface area contributed by atoms with Crippen LogP contribution in [0.2, 0.25) is 0 Å². The Morgan fingerprint density at radius 2 is 2.25 bits per heavy atom. The summed E-state index contributed by atoms with van der Waals surface area (Å²) < 4.78 is 10.4. The van der Waals surface area contributed by atoms with E-state index in [1.54, 1.807) is 25.3 Å². The summed E-state index contributed by atoms with van der Waals surface area (Å²) in [6.07, 6.45) is 1.75. The van der Waals surface area contributed by atoms with Crippen LogP contribution in [0.25, 0.3) is 0 Å². The molecule has 0 spiro atoms. The topological polar surface area (TPSA) is 48.4 Å². The first-order valence-electron chi connectivity index (χ1n) is 5.37. The second-order valence-electron chi connectivity index (χ2n) is 3.58. The normalized spacial score (nSPS) is 10.5. The molecule has 4 heteroatoms. The van der Waals surface area contributed by atoms with Crippen molar-refractivity contribution in [2.24, 2.45) is 0 Å². The largest absolute Gasteiger partial charge is 0.462 e.